The second-order valence-corrected chi connectivity index (χ2v) is 11.8. The average Bonchev–Trinajstić information content (AvgIpc) is 2.98. The van der Waals surface area contributed by atoms with Gasteiger partial charge in [-0.05, 0) is 47.2 Å². The molecule has 0 saturated carbocycles. The molecule has 2 amide bonds. The minimum absolute atomic E-state index is 0.00927. The molecule has 222 valence electrons. The Morgan fingerprint density at radius 1 is 1.00 bits per heavy atom. The minimum atomic E-state index is -1.04. The fourth-order valence-corrected chi connectivity index (χ4v) is 5.19. The first-order valence-corrected chi connectivity index (χ1v) is 13.9. The SMILES string of the molecule is COC(=O)c1ccc(CN(C(=O)C2Cc3ccccc3CN2C(=O)C(N)C(C)(C)C)C(C)c2cccc(F)c2F)cc1. The van der Waals surface area contributed by atoms with Gasteiger partial charge in [0.15, 0.2) is 11.6 Å². The van der Waals surface area contributed by atoms with Crippen LogP contribution in [0.2, 0.25) is 0 Å². The van der Waals surface area contributed by atoms with Gasteiger partial charge < -0.3 is 20.3 Å². The van der Waals surface area contributed by atoms with E-state index >= 15 is 4.39 Å². The summed E-state index contributed by atoms with van der Waals surface area (Å²) < 4.78 is 34.1. The number of rotatable bonds is 7. The van der Waals surface area contributed by atoms with Gasteiger partial charge in [0.25, 0.3) is 0 Å². The molecule has 0 aromatic heterocycles. The van der Waals surface area contributed by atoms with Gasteiger partial charge in [-0.2, -0.15) is 0 Å². The summed E-state index contributed by atoms with van der Waals surface area (Å²) in [7, 11) is 1.28. The summed E-state index contributed by atoms with van der Waals surface area (Å²) in [5.74, 6) is -3.35. The Kier molecular flexibility index (Phi) is 9.11. The van der Waals surface area contributed by atoms with Crippen molar-refractivity contribution in [2.24, 2.45) is 11.1 Å². The highest BCUT2D eigenvalue weighted by molar-refractivity contribution is 5.91. The molecule has 1 aliphatic rings. The molecule has 3 atom stereocenters. The Morgan fingerprint density at radius 3 is 2.26 bits per heavy atom. The van der Waals surface area contributed by atoms with Gasteiger partial charge in [-0.25, -0.2) is 13.6 Å². The largest absolute Gasteiger partial charge is 0.465 e. The van der Waals surface area contributed by atoms with Crippen molar-refractivity contribution in [3.63, 3.8) is 0 Å². The van der Waals surface area contributed by atoms with Crippen LogP contribution in [0.5, 0.6) is 0 Å². The fraction of sp³-hybridized carbons (Fsp3) is 0.364. The molecule has 1 heterocycles. The highest BCUT2D eigenvalue weighted by Crippen LogP contribution is 2.32. The lowest BCUT2D eigenvalue weighted by atomic mass is 9.84. The van der Waals surface area contributed by atoms with Crippen LogP contribution < -0.4 is 5.73 Å². The number of halogens is 2. The summed E-state index contributed by atoms with van der Waals surface area (Å²) in [5.41, 5.74) is 8.69. The molecule has 0 radical (unpaired) electrons. The van der Waals surface area contributed by atoms with Crippen molar-refractivity contribution in [3.05, 3.63) is 106 Å². The van der Waals surface area contributed by atoms with Crippen LogP contribution in [0, 0.1) is 17.0 Å². The second kappa shape index (κ2) is 12.4. The zero-order valence-corrected chi connectivity index (χ0v) is 24.6. The number of ether oxygens (including phenoxy) is 1. The van der Waals surface area contributed by atoms with Crippen molar-refractivity contribution in [2.75, 3.05) is 7.11 Å². The highest BCUT2D eigenvalue weighted by atomic mass is 19.2. The molecular formula is C33H37F2N3O4. The summed E-state index contributed by atoms with van der Waals surface area (Å²) >= 11 is 0. The van der Waals surface area contributed by atoms with Gasteiger partial charge in [-0.15, -0.1) is 0 Å². The predicted octanol–water partition coefficient (Wildman–Crippen LogP) is 5.17. The topological polar surface area (TPSA) is 92.9 Å². The lowest BCUT2D eigenvalue weighted by Gasteiger charge is -2.42. The van der Waals surface area contributed by atoms with Gasteiger partial charge in [0.1, 0.15) is 6.04 Å². The summed E-state index contributed by atoms with van der Waals surface area (Å²) in [6.45, 7) is 7.43. The molecule has 3 unspecified atom stereocenters. The number of fused-ring (bicyclic) bond motifs is 1. The third-order valence-electron chi connectivity index (χ3n) is 7.93. The Labute approximate surface area is 245 Å². The Bertz CT molecular complexity index is 1470. The monoisotopic (exact) mass is 577 g/mol. The van der Waals surface area contributed by atoms with Crippen molar-refractivity contribution in [2.45, 2.75) is 65.3 Å². The number of benzene rings is 3. The van der Waals surface area contributed by atoms with E-state index < -0.39 is 47.1 Å². The van der Waals surface area contributed by atoms with E-state index in [1.54, 1.807) is 31.2 Å². The summed E-state index contributed by atoms with van der Waals surface area (Å²) in [4.78, 5) is 43.2. The maximum absolute atomic E-state index is 15.0. The van der Waals surface area contributed by atoms with Gasteiger partial charge in [0.2, 0.25) is 11.8 Å². The van der Waals surface area contributed by atoms with E-state index in [2.05, 4.69) is 0 Å². The van der Waals surface area contributed by atoms with E-state index in [4.69, 9.17) is 10.5 Å². The molecule has 3 aromatic rings. The minimum Gasteiger partial charge on any atom is -0.465 e. The molecule has 9 heteroatoms. The zero-order valence-electron chi connectivity index (χ0n) is 24.6. The quantitative estimate of drug-likeness (QED) is 0.392. The van der Waals surface area contributed by atoms with E-state index in [1.807, 2.05) is 45.0 Å². The van der Waals surface area contributed by atoms with Crippen molar-refractivity contribution in [1.29, 1.82) is 0 Å². The van der Waals surface area contributed by atoms with Crippen LogP contribution >= 0.6 is 0 Å². The number of carbonyl (C=O) groups is 3. The predicted molar refractivity (Wildman–Crippen MR) is 155 cm³/mol. The smallest absolute Gasteiger partial charge is 0.337 e. The molecule has 0 fully saturated rings. The third kappa shape index (κ3) is 6.36. The number of methoxy groups -OCH3 is 1. The fourth-order valence-electron chi connectivity index (χ4n) is 5.19. The van der Waals surface area contributed by atoms with E-state index in [0.717, 1.165) is 17.2 Å². The second-order valence-electron chi connectivity index (χ2n) is 11.8. The Hall–Kier alpha value is -4.11. The Balaban J connectivity index is 1.77. The van der Waals surface area contributed by atoms with Crippen molar-refractivity contribution >= 4 is 17.8 Å². The van der Waals surface area contributed by atoms with Gasteiger partial charge >= 0.3 is 5.97 Å². The lowest BCUT2D eigenvalue weighted by Crippen LogP contribution is -2.59. The maximum atomic E-state index is 15.0. The van der Waals surface area contributed by atoms with Crippen LogP contribution in [-0.4, -0.2) is 46.8 Å². The molecule has 0 saturated heterocycles. The number of hydrogen-bond acceptors (Lipinski definition) is 5. The van der Waals surface area contributed by atoms with Gasteiger partial charge in [0, 0.05) is 25.1 Å². The first-order chi connectivity index (χ1) is 19.8. The van der Waals surface area contributed by atoms with Crippen LogP contribution in [0.4, 0.5) is 8.78 Å². The van der Waals surface area contributed by atoms with Gasteiger partial charge in [0.05, 0.1) is 24.8 Å². The van der Waals surface area contributed by atoms with Crippen LogP contribution in [0.3, 0.4) is 0 Å². The molecule has 42 heavy (non-hydrogen) atoms. The van der Waals surface area contributed by atoms with E-state index in [1.165, 1.54) is 29.0 Å². The number of hydrogen-bond donors (Lipinski definition) is 1. The van der Waals surface area contributed by atoms with Crippen molar-refractivity contribution in [1.82, 2.24) is 9.80 Å². The summed E-state index contributed by atoms with van der Waals surface area (Å²) in [6, 6.07) is 15.3. The molecule has 2 N–H and O–H groups in total. The molecule has 0 spiro atoms. The molecule has 3 aromatic carbocycles. The average molecular weight is 578 g/mol. The Morgan fingerprint density at radius 2 is 1.64 bits per heavy atom. The van der Waals surface area contributed by atoms with E-state index in [9.17, 15) is 18.8 Å². The van der Waals surface area contributed by atoms with Crippen molar-refractivity contribution in [3.8, 4) is 0 Å². The summed E-state index contributed by atoms with van der Waals surface area (Å²) in [5, 5.41) is 0. The van der Waals surface area contributed by atoms with Gasteiger partial charge in [-0.1, -0.05) is 69.3 Å². The highest BCUT2D eigenvalue weighted by Gasteiger charge is 2.42. The van der Waals surface area contributed by atoms with Crippen LogP contribution in [0.15, 0.2) is 66.7 Å². The number of esters is 1. The van der Waals surface area contributed by atoms with Crippen molar-refractivity contribution < 1.29 is 27.9 Å². The standard InChI is InChI=1S/C33H37F2N3O4/c1-20(25-11-8-12-26(34)28(25)35)37(18-21-13-15-22(16-14-21)32(41)42-5)30(39)27-17-23-9-6-7-10-24(23)19-38(27)31(40)29(36)33(2,3)4/h6-16,20,27,29H,17-19,36H2,1-5H3. The molecule has 0 bridgehead atoms. The number of nitrogens with zero attached hydrogens (tertiary/aromatic N) is 2. The molecule has 1 aliphatic heterocycles. The number of amides is 2. The normalized spacial score (nSPS) is 16.3. The number of carbonyl (C=O) groups excluding carboxylic acids is 3. The molecule has 7 nitrogen and oxygen atoms in total. The number of nitrogens with two attached hydrogens (primary N) is 1. The van der Waals surface area contributed by atoms with Crippen LogP contribution in [0.25, 0.3) is 0 Å². The summed E-state index contributed by atoms with van der Waals surface area (Å²) in [6.07, 6.45) is 0.244. The van der Waals surface area contributed by atoms with Gasteiger partial charge in [-0.3, -0.25) is 9.59 Å². The first-order valence-electron chi connectivity index (χ1n) is 13.9. The van der Waals surface area contributed by atoms with E-state index in [0.29, 0.717) is 11.1 Å². The van der Waals surface area contributed by atoms with Crippen LogP contribution in [-0.2, 0) is 33.8 Å². The first kappa shape index (κ1) is 30.8. The van der Waals surface area contributed by atoms with E-state index in [-0.39, 0.29) is 31.0 Å². The zero-order chi connectivity index (χ0) is 30.8. The third-order valence-corrected chi connectivity index (χ3v) is 7.93. The molecule has 4 rings (SSSR count). The van der Waals surface area contributed by atoms with Crippen LogP contribution in [0.1, 0.15) is 66.3 Å². The maximum Gasteiger partial charge on any atom is 0.337 e. The molecular weight excluding hydrogens is 540 g/mol. The molecule has 0 aliphatic carbocycles. The lowest BCUT2D eigenvalue weighted by molar-refractivity contribution is -0.151.